The van der Waals surface area contributed by atoms with Crippen LogP contribution in [0.1, 0.15) is 16.7 Å². The van der Waals surface area contributed by atoms with E-state index in [1.54, 1.807) is 17.8 Å². The van der Waals surface area contributed by atoms with Gasteiger partial charge in [0, 0.05) is 10.6 Å². The Bertz CT molecular complexity index is 523. The third-order valence-electron chi connectivity index (χ3n) is 2.80. The molecular weight excluding hydrogens is 247 g/mol. The first kappa shape index (κ1) is 13.1. The second-order valence-electron chi connectivity index (χ2n) is 4.16. The van der Waals surface area contributed by atoms with Gasteiger partial charge in [0.1, 0.15) is 5.82 Å². The summed E-state index contributed by atoms with van der Waals surface area (Å²) in [6.07, 6.45) is 0. The van der Waals surface area contributed by atoms with E-state index in [0.29, 0.717) is 0 Å². The quantitative estimate of drug-likeness (QED) is 0.843. The summed E-state index contributed by atoms with van der Waals surface area (Å²) in [5.74, 6) is 0.637. The first-order valence-electron chi connectivity index (χ1n) is 5.76. The molecule has 1 N–H and O–H groups in total. The Kier molecular flexibility index (Phi) is 4.39. The Morgan fingerprint density at radius 3 is 2.44 bits per heavy atom. The van der Waals surface area contributed by atoms with Crippen molar-refractivity contribution in [1.82, 2.24) is 0 Å². The number of aliphatic hydroxyl groups is 1. The largest absolute Gasteiger partial charge is 0.392 e. The first-order valence-corrected chi connectivity index (χ1v) is 6.75. The van der Waals surface area contributed by atoms with Crippen molar-refractivity contribution in [2.75, 3.05) is 0 Å². The van der Waals surface area contributed by atoms with Crippen LogP contribution in [0.4, 0.5) is 4.39 Å². The Balaban J connectivity index is 2.02. The number of aryl methyl sites for hydroxylation is 1. The molecule has 3 heteroatoms. The number of hydrogen-bond acceptors (Lipinski definition) is 2. The van der Waals surface area contributed by atoms with E-state index >= 15 is 0 Å². The van der Waals surface area contributed by atoms with Gasteiger partial charge in [0.05, 0.1) is 6.61 Å². The molecule has 0 aliphatic rings. The summed E-state index contributed by atoms with van der Waals surface area (Å²) in [5.41, 5.74) is 3.04. The highest BCUT2D eigenvalue weighted by Gasteiger charge is 2.01. The fourth-order valence-electron chi connectivity index (χ4n) is 1.67. The van der Waals surface area contributed by atoms with E-state index in [2.05, 4.69) is 0 Å². The second-order valence-corrected chi connectivity index (χ2v) is 5.21. The molecule has 0 atom stereocenters. The molecule has 0 saturated heterocycles. The third-order valence-corrected chi connectivity index (χ3v) is 3.87. The minimum absolute atomic E-state index is 0.0714. The van der Waals surface area contributed by atoms with Crippen molar-refractivity contribution in [3.8, 4) is 0 Å². The average molecular weight is 262 g/mol. The molecule has 0 fully saturated rings. The van der Waals surface area contributed by atoms with E-state index in [4.69, 9.17) is 5.11 Å². The molecule has 0 unspecified atom stereocenters. The molecule has 1 nitrogen and oxygen atoms in total. The Hall–Kier alpha value is -1.32. The predicted molar refractivity (Wildman–Crippen MR) is 73.1 cm³/mol. The molecule has 0 saturated carbocycles. The van der Waals surface area contributed by atoms with Gasteiger partial charge in [0.2, 0.25) is 0 Å². The van der Waals surface area contributed by atoms with Crippen LogP contribution in [0.25, 0.3) is 0 Å². The zero-order valence-electron chi connectivity index (χ0n) is 10.2. The van der Waals surface area contributed by atoms with Gasteiger partial charge in [-0.05, 0) is 47.9 Å². The summed E-state index contributed by atoms with van der Waals surface area (Å²) < 4.78 is 13.0. The number of aliphatic hydroxyl groups excluding tert-OH is 1. The third kappa shape index (κ3) is 3.34. The van der Waals surface area contributed by atoms with Crippen LogP contribution in [-0.4, -0.2) is 5.11 Å². The number of thioether (sulfide) groups is 1. The van der Waals surface area contributed by atoms with Crippen molar-refractivity contribution in [3.05, 3.63) is 65.0 Å². The molecule has 0 radical (unpaired) electrons. The predicted octanol–water partition coefficient (Wildman–Crippen LogP) is 3.92. The van der Waals surface area contributed by atoms with E-state index in [1.807, 2.05) is 37.3 Å². The van der Waals surface area contributed by atoms with Crippen LogP contribution in [0.15, 0.2) is 47.4 Å². The molecule has 2 aromatic carbocycles. The van der Waals surface area contributed by atoms with Gasteiger partial charge in [0.15, 0.2) is 0 Å². The lowest BCUT2D eigenvalue weighted by atomic mass is 10.1. The molecule has 0 aliphatic heterocycles. The lowest BCUT2D eigenvalue weighted by Crippen LogP contribution is -1.88. The minimum Gasteiger partial charge on any atom is -0.392 e. The van der Waals surface area contributed by atoms with E-state index in [-0.39, 0.29) is 12.4 Å². The molecule has 18 heavy (non-hydrogen) atoms. The van der Waals surface area contributed by atoms with E-state index in [9.17, 15) is 4.39 Å². The maximum Gasteiger partial charge on any atom is 0.123 e. The second kappa shape index (κ2) is 6.03. The lowest BCUT2D eigenvalue weighted by Gasteiger charge is -2.06. The van der Waals surface area contributed by atoms with Crippen LogP contribution in [0, 0.1) is 12.7 Å². The van der Waals surface area contributed by atoms with E-state index in [0.717, 1.165) is 27.3 Å². The van der Waals surface area contributed by atoms with Crippen molar-refractivity contribution in [2.45, 2.75) is 24.2 Å². The van der Waals surface area contributed by atoms with Gasteiger partial charge < -0.3 is 5.11 Å². The monoisotopic (exact) mass is 262 g/mol. The fraction of sp³-hybridized carbons (Fsp3) is 0.200. The van der Waals surface area contributed by atoms with Gasteiger partial charge >= 0.3 is 0 Å². The highest BCUT2D eigenvalue weighted by Crippen LogP contribution is 2.24. The van der Waals surface area contributed by atoms with Gasteiger partial charge in [-0.3, -0.25) is 0 Å². The highest BCUT2D eigenvalue weighted by atomic mass is 32.2. The summed E-state index contributed by atoms with van der Waals surface area (Å²) >= 11 is 1.71. The van der Waals surface area contributed by atoms with Crippen LogP contribution < -0.4 is 0 Å². The zero-order valence-corrected chi connectivity index (χ0v) is 11.0. The first-order chi connectivity index (χ1) is 8.69. The van der Waals surface area contributed by atoms with Crippen LogP contribution in [-0.2, 0) is 12.4 Å². The van der Waals surface area contributed by atoms with Gasteiger partial charge in [-0.15, -0.1) is 11.8 Å². The molecule has 0 heterocycles. The topological polar surface area (TPSA) is 20.2 Å². The Labute approximate surface area is 111 Å². The van der Waals surface area contributed by atoms with Crippen LogP contribution >= 0.6 is 11.8 Å². The number of rotatable bonds is 4. The average Bonchev–Trinajstić information content (AvgIpc) is 2.38. The SMILES string of the molecule is Cc1cc(F)ccc1CSc1ccc(CO)cc1. The zero-order chi connectivity index (χ0) is 13.0. The molecule has 0 amide bonds. The smallest absolute Gasteiger partial charge is 0.123 e. The summed E-state index contributed by atoms with van der Waals surface area (Å²) in [6.45, 7) is 2.00. The van der Waals surface area contributed by atoms with E-state index < -0.39 is 0 Å². The fourth-order valence-corrected chi connectivity index (χ4v) is 2.65. The number of halogens is 1. The molecule has 0 spiro atoms. The maximum atomic E-state index is 13.0. The molecule has 0 aromatic heterocycles. The van der Waals surface area contributed by atoms with Crippen LogP contribution in [0.3, 0.4) is 0 Å². The molecule has 94 valence electrons. The number of hydrogen-bond donors (Lipinski definition) is 1. The van der Waals surface area contributed by atoms with Crippen molar-refractivity contribution < 1.29 is 9.50 Å². The molecular formula is C15H15FOS. The molecule has 2 rings (SSSR count). The molecule has 2 aromatic rings. The van der Waals surface area contributed by atoms with Crippen molar-refractivity contribution in [3.63, 3.8) is 0 Å². The molecule has 0 aliphatic carbocycles. The van der Waals surface area contributed by atoms with Crippen molar-refractivity contribution >= 4 is 11.8 Å². The van der Waals surface area contributed by atoms with Crippen molar-refractivity contribution in [1.29, 1.82) is 0 Å². The van der Waals surface area contributed by atoms with Crippen LogP contribution in [0.2, 0.25) is 0 Å². The standard InChI is InChI=1S/C15H15FOS/c1-11-8-14(16)5-4-13(11)10-18-15-6-2-12(9-17)3-7-15/h2-8,17H,9-10H2,1H3. The summed E-state index contributed by atoms with van der Waals surface area (Å²) in [6, 6.07) is 12.7. The lowest BCUT2D eigenvalue weighted by molar-refractivity contribution is 0.282. The van der Waals surface area contributed by atoms with Gasteiger partial charge in [0.25, 0.3) is 0 Å². The van der Waals surface area contributed by atoms with Crippen LogP contribution in [0.5, 0.6) is 0 Å². The minimum atomic E-state index is -0.187. The number of benzene rings is 2. The summed E-state index contributed by atoms with van der Waals surface area (Å²) in [7, 11) is 0. The van der Waals surface area contributed by atoms with Gasteiger partial charge in [-0.2, -0.15) is 0 Å². The normalized spacial score (nSPS) is 10.6. The summed E-state index contributed by atoms with van der Waals surface area (Å²) in [4.78, 5) is 1.15. The van der Waals surface area contributed by atoms with E-state index in [1.165, 1.54) is 6.07 Å². The maximum absolute atomic E-state index is 13.0. The Morgan fingerprint density at radius 1 is 1.11 bits per heavy atom. The van der Waals surface area contributed by atoms with Gasteiger partial charge in [-0.25, -0.2) is 4.39 Å². The Morgan fingerprint density at radius 2 is 1.83 bits per heavy atom. The van der Waals surface area contributed by atoms with Crippen molar-refractivity contribution in [2.24, 2.45) is 0 Å². The highest BCUT2D eigenvalue weighted by molar-refractivity contribution is 7.98. The molecule has 0 bridgehead atoms. The summed E-state index contributed by atoms with van der Waals surface area (Å²) in [5, 5.41) is 8.96. The van der Waals surface area contributed by atoms with Gasteiger partial charge in [-0.1, -0.05) is 18.2 Å².